The summed E-state index contributed by atoms with van der Waals surface area (Å²) in [5, 5.41) is 9.07. The zero-order valence-electron chi connectivity index (χ0n) is 12.6. The van der Waals surface area contributed by atoms with Crippen molar-refractivity contribution < 1.29 is 19.4 Å². The molecular weight excluding hydrogens is 272 g/mol. The Balaban J connectivity index is 2.41. The molecule has 0 aliphatic rings. The van der Waals surface area contributed by atoms with E-state index in [2.05, 4.69) is 0 Å². The van der Waals surface area contributed by atoms with E-state index in [0.29, 0.717) is 24.5 Å². The molecule has 6 heteroatoms. The molecule has 0 saturated heterocycles. The Bertz CT molecular complexity index is 475. The summed E-state index contributed by atoms with van der Waals surface area (Å²) in [6.07, 6.45) is 2.02. The number of nitrogens with two attached hydrogens (primary N) is 2. The minimum absolute atomic E-state index is 0.0428. The Labute approximate surface area is 125 Å². The molecule has 0 heterocycles. The summed E-state index contributed by atoms with van der Waals surface area (Å²) in [6, 6.07) is 5.28. The van der Waals surface area contributed by atoms with Crippen LogP contribution in [-0.4, -0.2) is 30.3 Å². The minimum atomic E-state index is -0.972. The van der Waals surface area contributed by atoms with Crippen LogP contribution >= 0.6 is 0 Å². The Hall–Kier alpha value is -1.79. The molecule has 1 amide bonds. The molecule has 0 aromatic heterocycles. The highest BCUT2D eigenvalue weighted by atomic mass is 16.5. The monoisotopic (exact) mass is 296 g/mol. The Morgan fingerprint density at radius 1 is 1.33 bits per heavy atom. The van der Waals surface area contributed by atoms with E-state index >= 15 is 0 Å². The van der Waals surface area contributed by atoms with Crippen molar-refractivity contribution in [3.63, 3.8) is 0 Å². The average Bonchev–Trinajstić information content (AvgIpc) is 2.46. The van der Waals surface area contributed by atoms with Crippen LogP contribution in [0.2, 0.25) is 0 Å². The molecule has 21 heavy (non-hydrogen) atoms. The van der Waals surface area contributed by atoms with Gasteiger partial charge in [0, 0.05) is 0 Å². The Kier molecular flexibility index (Phi) is 6.45. The van der Waals surface area contributed by atoms with E-state index in [1.165, 1.54) is 0 Å². The average molecular weight is 296 g/mol. The van der Waals surface area contributed by atoms with Crippen molar-refractivity contribution in [2.75, 3.05) is 13.7 Å². The fourth-order valence-electron chi connectivity index (χ4n) is 1.83. The van der Waals surface area contributed by atoms with Crippen LogP contribution in [0.1, 0.15) is 31.7 Å². The van der Waals surface area contributed by atoms with E-state index in [-0.39, 0.29) is 6.61 Å². The third-order valence-corrected chi connectivity index (χ3v) is 3.32. The second-order valence-electron chi connectivity index (χ2n) is 5.23. The van der Waals surface area contributed by atoms with Crippen molar-refractivity contribution in [1.82, 2.24) is 0 Å². The normalized spacial score (nSPS) is 13.5. The van der Waals surface area contributed by atoms with E-state index in [9.17, 15) is 4.79 Å². The van der Waals surface area contributed by atoms with Crippen LogP contribution in [0, 0.1) is 0 Å². The van der Waals surface area contributed by atoms with Gasteiger partial charge in [0.1, 0.15) is 0 Å². The quantitative estimate of drug-likeness (QED) is 0.588. The number of aliphatic hydroxyl groups excluding tert-OH is 1. The maximum atomic E-state index is 11.1. The second-order valence-corrected chi connectivity index (χ2v) is 5.23. The zero-order chi connectivity index (χ0) is 15.9. The number of hydrogen-bond donors (Lipinski definition) is 3. The second kappa shape index (κ2) is 7.85. The predicted octanol–water partition coefficient (Wildman–Crippen LogP) is 0.939. The van der Waals surface area contributed by atoms with Crippen molar-refractivity contribution >= 4 is 5.91 Å². The van der Waals surface area contributed by atoms with Crippen LogP contribution in [0.25, 0.3) is 0 Å². The molecule has 0 spiro atoms. The van der Waals surface area contributed by atoms with Crippen molar-refractivity contribution in [1.29, 1.82) is 0 Å². The van der Waals surface area contributed by atoms with Gasteiger partial charge in [-0.25, -0.2) is 0 Å². The summed E-state index contributed by atoms with van der Waals surface area (Å²) in [4.78, 5) is 11.1. The van der Waals surface area contributed by atoms with Crippen LogP contribution in [0.3, 0.4) is 0 Å². The van der Waals surface area contributed by atoms with Gasteiger partial charge in [0.15, 0.2) is 11.5 Å². The van der Waals surface area contributed by atoms with Gasteiger partial charge < -0.3 is 26.0 Å². The number of primary amides is 1. The fraction of sp³-hybridized carbons (Fsp3) is 0.533. The van der Waals surface area contributed by atoms with Crippen LogP contribution in [0.15, 0.2) is 18.2 Å². The smallest absolute Gasteiger partial charge is 0.237 e. The van der Waals surface area contributed by atoms with Crippen molar-refractivity contribution in [3.05, 3.63) is 23.8 Å². The predicted molar refractivity (Wildman–Crippen MR) is 80.0 cm³/mol. The SMILES string of the molecule is COc1cc(CO)ccc1OCCCCC(C)(N)C(N)=O. The fourth-order valence-corrected chi connectivity index (χ4v) is 1.83. The standard InChI is InChI=1S/C15H24N2O4/c1-15(17,14(16)19)7-3-4-8-21-12-6-5-11(10-18)9-13(12)20-2/h5-6,9,18H,3-4,7-8,10,17H2,1-2H3,(H2,16,19). The highest BCUT2D eigenvalue weighted by molar-refractivity contribution is 5.83. The molecule has 1 unspecified atom stereocenters. The lowest BCUT2D eigenvalue weighted by atomic mass is 9.96. The molecule has 1 atom stereocenters. The first-order valence-electron chi connectivity index (χ1n) is 6.90. The van der Waals surface area contributed by atoms with Gasteiger partial charge in [-0.15, -0.1) is 0 Å². The molecule has 0 saturated carbocycles. The number of rotatable bonds is 9. The molecule has 1 aromatic rings. The van der Waals surface area contributed by atoms with Gasteiger partial charge in [-0.2, -0.15) is 0 Å². The number of methoxy groups -OCH3 is 1. The van der Waals surface area contributed by atoms with Crippen LogP contribution in [-0.2, 0) is 11.4 Å². The topological polar surface area (TPSA) is 108 Å². The van der Waals surface area contributed by atoms with Gasteiger partial charge in [-0.05, 0) is 43.9 Å². The van der Waals surface area contributed by atoms with E-state index in [0.717, 1.165) is 18.4 Å². The van der Waals surface area contributed by atoms with Gasteiger partial charge in [-0.3, -0.25) is 4.79 Å². The minimum Gasteiger partial charge on any atom is -0.493 e. The molecule has 6 nitrogen and oxygen atoms in total. The summed E-state index contributed by atoms with van der Waals surface area (Å²) in [6.45, 7) is 2.08. The lowest BCUT2D eigenvalue weighted by molar-refractivity contribution is -0.122. The van der Waals surface area contributed by atoms with Gasteiger partial charge in [0.2, 0.25) is 5.91 Å². The lowest BCUT2D eigenvalue weighted by Crippen LogP contribution is -2.49. The summed E-state index contributed by atoms with van der Waals surface area (Å²) >= 11 is 0. The number of hydrogen-bond acceptors (Lipinski definition) is 5. The molecule has 1 aromatic carbocycles. The van der Waals surface area contributed by atoms with E-state index in [1.54, 1.807) is 32.2 Å². The van der Waals surface area contributed by atoms with Crippen molar-refractivity contribution in [2.45, 2.75) is 38.3 Å². The molecule has 118 valence electrons. The highest BCUT2D eigenvalue weighted by Gasteiger charge is 2.24. The number of ether oxygens (including phenoxy) is 2. The number of carbonyl (C=O) groups is 1. The highest BCUT2D eigenvalue weighted by Crippen LogP contribution is 2.28. The molecule has 0 aliphatic heterocycles. The molecule has 0 fully saturated rings. The maximum absolute atomic E-state index is 11.1. The van der Waals surface area contributed by atoms with Crippen LogP contribution < -0.4 is 20.9 Å². The first-order valence-corrected chi connectivity index (χ1v) is 6.90. The number of amides is 1. The first-order chi connectivity index (χ1) is 9.90. The van der Waals surface area contributed by atoms with E-state index in [1.807, 2.05) is 0 Å². The number of unbranched alkanes of at least 4 members (excludes halogenated alkanes) is 1. The van der Waals surface area contributed by atoms with Gasteiger partial charge in [0.25, 0.3) is 0 Å². The lowest BCUT2D eigenvalue weighted by Gasteiger charge is -2.20. The van der Waals surface area contributed by atoms with E-state index in [4.69, 9.17) is 26.0 Å². The van der Waals surface area contributed by atoms with Crippen LogP contribution in [0.5, 0.6) is 11.5 Å². The molecule has 0 aliphatic carbocycles. The third kappa shape index (κ3) is 5.24. The molecular formula is C15H24N2O4. The van der Waals surface area contributed by atoms with Gasteiger partial charge >= 0.3 is 0 Å². The van der Waals surface area contributed by atoms with E-state index < -0.39 is 11.4 Å². The number of benzene rings is 1. The Morgan fingerprint density at radius 2 is 2.05 bits per heavy atom. The summed E-state index contributed by atoms with van der Waals surface area (Å²) in [5.74, 6) is 0.715. The largest absolute Gasteiger partial charge is 0.493 e. The zero-order valence-corrected chi connectivity index (χ0v) is 12.6. The van der Waals surface area contributed by atoms with Gasteiger partial charge in [-0.1, -0.05) is 6.07 Å². The molecule has 5 N–H and O–H groups in total. The maximum Gasteiger partial charge on any atom is 0.237 e. The van der Waals surface area contributed by atoms with Crippen molar-refractivity contribution in [3.8, 4) is 11.5 Å². The summed E-state index contributed by atoms with van der Waals surface area (Å²) in [5.41, 5.74) is 10.8. The number of aliphatic hydroxyl groups is 1. The van der Waals surface area contributed by atoms with Crippen molar-refractivity contribution in [2.24, 2.45) is 11.5 Å². The first kappa shape index (κ1) is 17.3. The van der Waals surface area contributed by atoms with Crippen LogP contribution in [0.4, 0.5) is 0 Å². The number of carbonyl (C=O) groups excluding carboxylic acids is 1. The molecule has 0 radical (unpaired) electrons. The summed E-state index contributed by atoms with van der Waals surface area (Å²) in [7, 11) is 1.55. The molecule has 0 bridgehead atoms. The van der Waals surface area contributed by atoms with Gasteiger partial charge in [0.05, 0.1) is 25.9 Å². The third-order valence-electron chi connectivity index (χ3n) is 3.32. The Morgan fingerprint density at radius 3 is 2.62 bits per heavy atom. The summed E-state index contributed by atoms with van der Waals surface area (Å²) < 4.78 is 10.9. The molecule has 1 rings (SSSR count).